The van der Waals surface area contributed by atoms with Gasteiger partial charge in [0.05, 0.1) is 18.8 Å². The smallest absolute Gasteiger partial charge is 0.379 e. The number of morpholine rings is 1. The van der Waals surface area contributed by atoms with Crippen LogP contribution in [0.15, 0.2) is 29.3 Å². The minimum Gasteiger partial charge on any atom is -0.379 e. The van der Waals surface area contributed by atoms with Crippen LogP contribution in [0.1, 0.15) is 36.8 Å². The van der Waals surface area contributed by atoms with Gasteiger partial charge in [0.15, 0.2) is 5.96 Å². The summed E-state index contributed by atoms with van der Waals surface area (Å²) in [6.07, 6.45) is -2.45. The minimum atomic E-state index is -4.30. The van der Waals surface area contributed by atoms with Crippen molar-refractivity contribution in [3.05, 3.63) is 35.4 Å². The number of nitrogens with zero attached hydrogens (tertiary/aromatic N) is 3. The van der Waals surface area contributed by atoms with Crippen LogP contribution in [-0.2, 0) is 10.9 Å². The number of aliphatic imine (C=N–C) groups is 1. The second-order valence-corrected chi connectivity index (χ2v) is 7.82. The monoisotopic (exact) mass is 540 g/mol. The Bertz CT molecular complexity index is 695. The zero-order chi connectivity index (χ0) is 20.9. The second-order valence-electron chi connectivity index (χ2n) is 7.82. The van der Waals surface area contributed by atoms with Crippen molar-refractivity contribution in [1.29, 1.82) is 0 Å². The quantitative estimate of drug-likeness (QED) is 0.351. The van der Waals surface area contributed by atoms with Gasteiger partial charge in [-0.1, -0.05) is 25.1 Å². The average molecular weight is 540 g/mol. The fourth-order valence-electron chi connectivity index (χ4n) is 4.10. The summed E-state index contributed by atoms with van der Waals surface area (Å²) in [6, 6.07) is 6.15. The van der Waals surface area contributed by atoms with Crippen LogP contribution < -0.4 is 5.32 Å². The minimum absolute atomic E-state index is 0. The molecule has 0 amide bonds. The third-order valence-electron chi connectivity index (χ3n) is 5.88. The van der Waals surface area contributed by atoms with E-state index in [0.29, 0.717) is 18.2 Å². The summed E-state index contributed by atoms with van der Waals surface area (Å²) in [5.74, 6) is 0.902. The van der Waals surface area contributed by atoms with Crippen molar-refractivity contribution < 1.29 is 17.9 Å². The number of halogens is 4. The van der Waals surface area contributed by atoms with Gasteiger partial charge >= 0.3 is 6.18 Å². The lowest BCUT2D eigenvalue weighted by atomic mass is 9.96. The number of hydrogen-bond acceptors (Lipinski definition) is 3. The molecule has 0 radical (unpaired) electrons. The predicted molar refractivity (Wildman–Crippen MR) is 124 cm³/mol. The van der Waals surface area contributed by atoms with Gasteiger partial charge < -0.3 is 15.0 Å². The number of ether oxygens (including phenoxy) is 1. The summed E-state index contributed by atoms with van der Waals surface area (Å²) in [7, 11) is 1.78. The molecule has 2 atom stereocenters. The Labute approximate surface area is 194 Å². The molecule has 0 aromatic heterocycles. The van der Waals surface area contributed by atoms with Crippen molar-refractivity contribution >= 4 is 29.9 Å². The highest BCUT2D eigenvalue weighted by Crippen LogP contribution is 2.31. The third kappa shape index (κ3) is 6.71. The van der Waals surface area contributed by atoms with Gasteiger partial charge in [-0.25, -0.2) is 0 Å². The summed E-state index contributed by atoms with van der Waals surface area (Å²) < 4.78 is 44.2. The highest BCUT2D eigenvalue weighted by molar-refractivity contribution is 14.0. The van der Waals surface area contributed by atoms with Gasteiger partial charge in [0.25, 0.3) is 0 Å². The molecule has 2 saturated heterocycles. The maximum absolute atomic E-state index is 12.9. The lowest BCUT2D eigenvalue weighted by molar-refractivity contribution is -0.137. The van der Waals surface area contributed by atoms with E-state index in [-0.39, 0.29) is 29.9 Å². The number of rotatable bonds is 5. The standard InChI is InChI=1S/C21H31F3N4O.HI/c1-16(17-4-3-5-18(14-17)21(22,23)24)6-8-26-20(25-2)28-9-7-19(15-28)27-10-12-29-13-11-27;/h3-5,14,16,19H,6-13,15H2,1-2H3,(H,25,26);1H. The predicted octanol–water partition coefficient (Wildman–Crippen LogP) is 3.80. The molecular formula is C21H32F3IN4O. The largest absolute Gasteiger partial charge is 0.416 e. The Kier molecular flexibility index (Phi) is 9.67. The van der Waals surface area contributed by atoms with Gasteiger partial charge in [0.1, 0.15) is 0 Å². The number of guanidine groups is 1. The van der Waals surface area contributed by atoms with Crippen molar-refractivity contribution in [2.75, 3.05) is 53.0 Å². The Morgan fingerprint density at radius 3 is 2.67 bits per heavy atom. The van der Waals surface area contributed by atoms with Crippen molar-refractivity contribution in [3.8, 4) is 0 Å². The van der Waals surface area contributed by atoms with Crippen LogP contribution in [0.2, 0.25) is 0 Å². The highest BCUT2D eigenvalue weighted by Gasteiger charge is 2.31. The van der Waals surface area contributed by atoms with Crippen LogP contribution in [0.3, 0.4) is 0 Å². The average Bonchev–Trinajstić information content (AvgIpc) is 3.21. The van der Waals surface area contributed by atoms with Crippen LogP contribution in [-0.4, -0.2) is 74.8 Å². The molecule has 0 aliphatic carbocycles. The van der Waals surface area contributed by atoms with Crippen LogP contribution >= 0.6 is 24.0 Å². The summed E-state index contributed by atoms with van der Waals surface area (Å²) >= 11 is 0. The van der Waals surface area contributed by atoms with Crippen LogP contribution in [0.25, 0.3) is 0 Å². The van der Waals surface area contributed by atoms with Gasteiger partial charge in [-0.2, -0.15) is 13.2 Å². The molecule has 0 saturated carbocycles. The molecule has 2 aliphatic rings. The Hall–Kier alpha value is -1.07. The van der Waals surface area contributed by atoms with E-state index >= 15 is 0 Å². The first-order chi connectivity index (χ1) is 13.9. The summed E-state index contributed by atoms with van der Waals surface area (Å²) in [4.78, 5) is 9.17. The van der Waals surface area contributed by atoms with Crippen molar-refractivity contribution in [1.82, 2.24) is 15.1 Å². The number of hydrogen-bond donors (Lipinski definition) is 1. The van der Waals surface area contributed by atoms with E-state index in [9.17, 15) is 13.2 Å². The first-order valence-corrected chi connectivity index (χ1v) is 10.3. The number of alkyl halides is 3. The SMILES string of the molecule is CN=C(NCCC(C)c1cccc(C(F)(F)F)c1)N1CCC(N2CCOCC2)C1.I. The van der Waals surface area contributed by atoms with E-state index in [4.69, 9.17) is 4.74 Å². The molecule has 1 aromatic carbocycles. The molecule has 0 spiro atoms. The first-order valence-electron chi connectivity index (χ1n) is 10.3. The summed E-state index contributed by atoms with van der Waals surface area (Å²) in [6.45, 7) is 8.12. The van der Waals surface area contributed by atoms with Crippen molar-refractivity contribution in [2.24, 2.45) is 4.99 Å². The molecule has 2 aliphatic heterocycles. The van der Waals surface area contributed by atoms with E-state index in [1.165, 1.54) is 12.1 Å². The maximum Gasteiger partial charge on any atom is 0.416 e. The molecule has 30 heavy (non-hydrogen) atoms. The molecule has 2 fully saturated rings. The molecule has 170 valence electrons. The molecule has 9 heteroatoms. The van der Waals surface area contributed by atoms with E-state index in [1.54, 1.807) is 13.1 Å². The normalized spacial score (nSPS) is 22.0. The van der Waals surface area contributed by atoms with E-state index in [0.717, 1.165) is 64.3 Å². The Morgan fingerprint density at radius 1 is 1.27 bits per heavy atom. The fraction of sp³-hybridized carbons (Fsp3) is 0.667. The summed E-state index contributed by atoms with van der Waals surface area (Å²) in [5.41, 5.74) is 0.127. The van der Waals surface area contributed by atoms with Gasteiger partial charge in [0, 0.05) is 45.8 Å². The molecule has 1 aromatic rings. The van der Waals surface area contributed by atoms with Crippen LogP contribution in [0.4, 0.5) is 13.2 Å². The maximum atomic E-state index is 12.9. The van der Waals surface area contributed by atoms with Gasteiger partial charge in [-0.05, 0) is 30.4 Å². The zero-order valence-electron chi connectivity index (χ0n) is 17.6. The number of benzene rings is 1. The first kappa shape index (κ1) is 25.2. The number of nitrogens with one attached hydrogen (secondary N) is 1. The lowest BCUT2D eigenvalue weighted by Gasteiger charge is -2.32. The molecule has 3 rings (SSSR count). The van der Waals surface area contributed by atoms with E-state index in [1.807, 2.05) is 6.92 Å². The van der Waals surface area contributed by atoms with Crippen LogP contribution in [0, 0.1) is 0 Å². The van der Waals surface area contributed by atoms with Gasteiger partial charge in [-0.15, -0.1) is 24.0 Å². The van der Waals surface area contributed by atoms with Crippen LogP contribution in [0.5, 0.6) is 0 Å². The molecule has 0 bridgehead atoms. The number of likely N-dealkylation sites (tertiary alicyclic amines) is 1. The van der Waals surface area contributed by atoms with E-state index in [2.05, 4.69) is 20.1 Å². The third-order valence-corrected chi connectivity index (χ3v) is 5.88. The van der Waals surface area contributed by atoms with E-state index < -0.39 is 11.7 Å². The van der Waals surface area contributed by atoms with Gasteiger partial charge in [-0.3, -0.25) is 9.89 Å². The summed E-state index contributed by atoms with van der Waals surface area (Å²) in [5, 5.41) is 3.39. The van der Waals surface area contributed by atoms with Crippen molar-refractivity contribution in [3.63, 3.8) is 0 Å². The molecule has 5 nitrogen and oxygen atoms in total. The molecule has 2 heterocycles. The lowest BCUT2D eigenvalue weighted by Crippen LogP contribution is -2.46. The Morgan fingerprint density at radius 2 is 2.00 bits per heavy atom. The van der Waals surface area contributed by atoms with Crippen molar-refractivity contribution in [2.45, 2.75) is 37.9 Å². The molecular weight excluding hydrogens is 508 g/mol. The zero-order valence-corrected chi connectivity index (χ0v) is 20.0. The van der Waals surface area contributed by atoms with Gasteiger partial charge in [0.2, 0.25) is 0 Å². The topological polar surface area (TPSA) is 40.1 Å². The Balaban J connectivity index is 0.00000320. The highest BCUT2D eigenvalue weighted by atomic mass is 127. The second kappa shape index (κ2) is 11.5. The molecule has 1 N–H and O–H groups in total. The molecule has 2 unspecified atom stereocenters. The fourth-order valence-corrected chi connectivity index (χ4v) is 4.10.